The van der Waals surface area contributed by atoms with Gasteiger partial charge in [0.2, 0.25) is 0 Å². The SMILES string of the molecule is OC(O)/C=C/c1c(F)cccc1F. The summed E-state index contributed by atoms with van der Waals surface area (Å²) in [6.45, 7) is 0. The average Bonchev–Trinajstić information content (AvgIpc) is 2.03. The van der Waals surface area contributed by atoms with E-state index in [1.165, 1.54) is 6.07 Å². The van der Waals surface area contributed by atoms with Gasteiger partial charge in [0.1, 0.15) is 11.6 Å². The molecule has 0 saturated carbocycles. The molecule has 0 fully saturated rings. The summed E-state index contributed by atoms with van der Waals surface area (Å²) in [7, 11) is 0. The second-order valence-electron chi connectivity index (χ2n) is 2.41. The summed E-state index contributed by atoms with van der Waals surface area (Å²) in [5.74, 6) is -1.48. The minimum absolute atomic E-state index is 0.282. The number of halogens is 2. The second kappa shape index (κ2) is 4.11. The molecule has 0 heterocycles. The molecule has 1 rings (SSSR count). The van der Waals surface area contributed by atoms with E-state index in [2.05, 4.69) is 0 Å². The molecule has 0 bridgehead atoms. The van der Waals surface area contributed by atoms with Crippen LogP contribution in [0.3, 0.4) is 0 Å². The summed E-state index contributed by atoms with van der Waals surface area (Å²) in [6.07, 6.45) is 0.149. The second-order valence-corrected chi connectivity index (χ2v) is 2.41. The Morgan fingerprint density at radius 3 is 2.15 bits per heavy atom. The van der Waals surface area contributed by atoms with Crippen molar-refractivity contribution in [2.75, 3.05) is 0 Å². The first-order valence-electron chi connectivity index (χ1n) is 3.59. The molecule has 70 valence electrons. The maximum Gasteiger partial charge on any atom is 0.171 e. The minimum Gasteiger partial charge on any atom is -0.365 e. The Balaban J connectivity index is 3.00. The van der Waals surface area contributed by atoms with Gasteiger partial charge in [-0.25, -0.2) is 8.78 Å². The van der Waals surface area contributed by atoms with Crippen LogP contribution >= 0.6 is 0 Å². The zero-order valence-electron chi connectivity index (χ0n) is 6.61. The van der Waals surface area contributed by atoms with Crippen LogP contribution < -0.4 is 0 Å². The van der Waals surface area contributed by atoms with Crippen LogP contribution in [0.25, 0.3) is 6.08 Å². The highest BCUT2D eigenvalue weighted by Gasteiger charge is 2.04. The largest absolute Gasteiger partial charge is 0.365 e. The van der Waals surface area contributed by atoms with Crippen molar-refractivity contribution in [1.29, 1.82) is 0 Å². The van der Waals surface area contributed by atoms with Gasteiger partial charge in [-0.05, 0) is 24.3 Å². The minimum atomic E-state index is -1.71. The third-order valence-electron chi connectivity index (χ3n) is 1.43. The Labute approximate surface area is 73.8 Å². The van der Waals surface area contributed by atoms with Crippen molar-refractivity contribution < 1.29 is 19.0 Å². The number of benzene rings is 1. The quantitative estimate of drug-likeness (QED) is 0.683. The molecular weight excluding hydrogens is 178 g/mol. The van der Waals surface area contributed by atoms with Crippen LogP contribution in [0.2, 0.25) is 0 Å². The lowest BCUT2D eigenvalue weighted by Gasteiger charge is -1.98. The zero-order chi connectivity index (χ0) is 9.84. The Bertz CT molecular complexity index is 301. The molecule has 0 unspecified atom stereocenters. The van der Waals surface area contributed by atoms with Crippen LogP contribution in [0.5, 0.6) is 0 Å². The summed E-state index contributed by atoms with van der Waals surface area (Å²) < 4.78 is 25.7. The van der Waals surface area contributed by atoms with Crippen LogP contribution in [-0.4, -0.2) is 16.5 Å². The van der Waals surface area contributed by atoms with Gasteiger partial charge in [0, 0.05) is 5.56 Å². The first-order chi connectivity index (χ1) is 6.11. The molecule has 1 aromatic rings. The van der Waals surface area contributed by atoms with Gasteiger partial charge in [-0.3, -0.25) is 0 Å². The molecule has 0 aliphatic carbocycles. The predicted molar refractivity (Wildman–Crippen MR) is 43.6 cm³/mol. The van der Waals surface area contributed by atoms with Gasteiger partial charge in [0.15, 0.2) is 6.29 Å². The first kappa shape index (κ1) is 9.83. The van der Waals surface area contributed by atoms with Crippen molar-refractivity contribution in [3.63, 3.8) is 0 Å². The molecule has 0 aliphatic heterocycles. The van der Waals surface area contributed by atoms with E-state index >= 15 is 0 Å². The molecule has 0 radical (unpaired) electrons. The van der Waals surface area contributed by atoms with E-state index < -0.39 is 17.9 Å². The highest BCUT2D eigenvalue weighted by Crippen LogP contribution is 2.13. The third-order valence-corrected chi connectivity index (χ3v) is 1.43. The molecular formula is C9H8F2O2. The normalized spacial score (nSPS) is 11.5. The Morgan fingerprint density at radius 2 is 1.69 bits per heavy atom. The fraction of sp³-hybridized carbons (Fsp3) is 0.111. The monoisotopic (exact) mass is 186 g/mol. The predicted octanol–water partition coefficient (Wildman–Crippen LogP) is 1.29. The van der Waals surface area contributed by atoms with E-state index in [4.69, 9.17) is 10.2 Å². The van der Waals surface area contributed by atoms with Crippen molar-refractivity contribution in [1.82, 2.24) is 0 Å². The van der Waals surface area contributed by atoms with Crippen LogP contribution in [0.15, 0.2) is 24.3 Å². The van der Waals surface area contributed by atoms with Crippen LogP contribution in [-0.2, 0) is 0 Å². The molecule has 0 aliphatic rings. The number of hydrogen-bond acceptors (Lipinski definition) is 2. The average molecular weight is 186 g/mol. The lowest BCUT2D eigenvalue weighted by molar-refractivity contribution is 0.00303. The fourth-order valence-electron chi connectivity index (χ4n) is 0.852. The molecule has 1 aromatic carbocycles. The molecule has 2 N–H and O–H groups in total. The van der Waals surface area contributed by atoms with E-state index in [1.54, 1.807) is 0 Å². The van der Waals surface area contributed by atoms with Gasteiger partial charge in [-0.2, -0.15) is 0 Å². The third kappa shape index (κ3) is 2.61. The number of rotatable bonds is 2. The number of aliphatic hydroxyl groups excluding tert-OH is 1. The maximum atomic E-state index is 12.8. The zero-order valence-corrected chi connectivity index (χ0v) is 6.61. The molecule has 13 heavy (non-hydrogen) atoms. The van der Waals surface area contributed by atoms with Crippen molar-refractivity contribution in [3.8, 4) is 0 Å². The van der Waals surface area contributed by atoms with Crippen LogP contribution in [0.1, 0.15) is 5.56 Å². The molecule has 2 nitrogen and oxygen atoms in total. The number of aliphatic hydroxyl groups is 2. The van der Waals surface area contributed by atoms with Gasteiger partial charge < -0.3 is 10.2 Å². The van der Waals surface area contributed by atoms with E-state index in [0.29, 0.717) is 0 Å². The Hall–Kier alpha value is -1.26. The molecule has 4 heteroatoms. The topological polar surface area (TPSA) is 40.5 Å². The first-order valence-corrected chi connectivity index (χ1v) is 3.59. The van der Waals surface area contributed by atoms with E-state index in [0.717, 1.165) is 24.3 Å². The van der Waals surface area contributed by atoms with Crippen molar-refractivity contribution in [2.24, 2.45) is 0 Å². The van der Waals surface area contributed by atoms with Crippen LogP contribution in [0.4, 0.5) is 8.78 Å². The van der Waals surface area contributed by atoms with E-state index in [-0.39, 0.29) is 5.56 Å². The fourth-order valence-corrected chi connectivity index (χ4v) is 0.852. The summed E-state index contributed by atoms with van der Waals surface area (Å²) >= 11 is 0. The van der Waals surface area contributed by atoms with E-state index in [9.17, 15) is 8.78 Å². The van der Waals surface area contributed by atoms with Gasteiger partial charge in [0.05, 0.1) is 0 Å². The van der Waals surface area contributed by atoms with Gasteiger partial charge in [-0.1, -0.05) is 6.07 Å². The summed E-state index contributed by atoms with van der Waals surface area (Å²) in [4.78, 5) is 0. The lowest BCUT2D eigenvalue weighted by Crippen LogP contribution is -1.98. The van der Waals surface area contributed by atoms with E-state index in [1.807, 2.05) is 0 Å². The molecule has 0 atom stereocenters. The summed E-state index contributed by atoms with van der Waals surface area (Å²) in [6, 6.07) is 3.41. The number of hydrogen-bond donors (Lipinski definition) is 2. The Morgan fingerprint density at radius 1 is 1.15 bits per heavy atom. The van der Waals surface area contributed by atoms with Crippen molar-refractivity contribution in [3.05, 3.63) is 41.5 Å². The molecule has 0 amide bonds. The highest BCUT2D eigenvalue weighted by molar-refractivity contribution is 5.50. The van der Waals surface area contributed by atoms with Crippen molar-refractivity contribution in [2.45, 2.75) is 6.29 Å². The lowest BCUT2D eigenvalue weighted by atomic mass is 10.2. The van der Waals surface area contributed by atoms with Gasteiger partial charge in [-0.15, -0.1) is 0 Å². The smallest absolute Gasteiger partial charge is 0.171 e. The summed E-state index contributed by atoms with van der Waals surface area (Å²) in [5, 5.41) is 16.8. The summed E-state index contributed by atoms with van der Waals surface area (Å²) in [5.41, 5.74) is -0.282. The molecule has 0 saturated heterocycles. The van der Waals surface area contributed by atoms with Gasteiger partial charge >= 0.3 is 0 Å². The maximum absolute atomic E-state index is 12.8. The Kier molecular flexibility index (Phi) is 3.11. The standard InChI is InChI=1S/C9H8F2O2/c10-7-2-1-3-8(11)6(7)4-5-9(12)13/h1-5,9,12-13H/b5-4+. The van der Waals surface area contributed by atoms with Gasteiger partial charge in [0.25, 0.3) is 0 Å². The molecule has 0 aromatic heterocycles. The molecule has 0 spiro atoms. The van der Waals surface area contributed by atoms with Crippen molar-refractivity contribution >= 4 is 6.08 Å². The highest BCUT2D eigenvalue weighted by atomic mass is 19.1. The van der Waals surface area contributed by atoms with Crippen LogP contribution in [0, 0.1) is 11.6 Å².